The van der Waals surface area contributed by atoms with E-state index in [0.29, 0.717) is 17.5 Å². The van der Waals surface area contributed by atoms with Crippen LogP contribution in [0.5, 0.6) is 0 Å². The molecule has 9 aromatic rings. The minimum Gasteiger partial charge on any atom is -0.208 e. The molecule has 0 unspecified atom stereocenters. The van der Waals surface area contributed by atoms with E-state index in [9.17, 15) is 0 Å². The minimum atomic E-state index is -0.447. The Kier molecular flexibility index (Phi) is 6.58. The van der Waals surface area contributed by atoms with Crippen LogP contribution in [0.25, 0.3) is 65.5 Å². The van der Waals surface area contributed by atoms with Crippen molar-refractivity contribution in [3.8, 4) is 45.3 Å². The Bertz CT molecular complexity index is 2600. The molecule has 0 saturated heterocycles. The maximum atomic E-state index is 5.03. The smallest absolute Gasteiger partial charge is 0.164 e. The summed E-state index contributed by atoms with van der Waals surface area (Å²) >= 11 is 1.83. The third-order valence-electron chi connectivity index (χ3n) is 10.0. The molecule has 7 aromatic carbocycles. The average molecular weight is 656 g/mol. The molecule has 10 rings (SSSR count). The Labute approximate surface area is 294 Å². The summed E-state index contributed by atoms with van der Waals surface area (Å²) in [5.41, 5.74) is 10.2. The molecule has 1 aliphatic carbocycles. The van der Waals surface area contributed by atoms with E-state index in [1.807, 2.05) is 72.0 Å². The largest absolute Gasteiger partial charge is 0.208 e. The molecule has 0 amide bonds. The first-order valence-electron chi connectivity index (χ1n) is 16.9. The molecule has 0 fully saturated rings. The first kappa shape index (κ1) is 28.8. The summed E-state index contributed by atoms with van der Waals surface area (Å²) in [4.78, 5) is 15.0. The van der Waals surface area contributed by atoms with Gasteiger partial charge in [0.25, 0.3) is 0 Å². The second-order valence-corrected chi connectivity index (χ2v) is 13.9. The van der Waals surface area contributed by atoms with Gasteiger partial charge in [-0.3, -0.25) is 0 Å². The maximum absolute atomic E-state index is 5.03. The zero-order chi connectivity index (χ0) is 33.1. The number of benzene rings is 7. The molecular formula is C46H29N3S. The van der Waals surface area contributed by atoms with Crippen molar-refractivity contribution in [3.05, 3.63) is 198 Å². The monoisotopic (exact) mass is 655 g/mol. The number of thiophene rings is 1. The van der Waals surface area contributed by atoms with Crippen LogP contribution in [-0.4, -0.2) is 15.0 Å². The zero-order valence-corrected chi connectivity index (χ0v) is 27.8. The molecule has 2 heterocycles. The Hall–Kier alpha value is -6.23. The summed E-state index contributed by atoms with van der Waals surface area (Å²) in [6, 6.07) is 62.8. The summed E-state index contributed by atoms with van der Waals surface area (Å²) in [6.07, 6.45) is 0. The first-order valence-corrected chi connectivity index (χ1v) is 17.7. The fourth-order valence-electron chi connectivity index (χ4n) is 7.80. The molecule has 0 atom stereocenters. The topological polar surface area (TPSA) is 38.7 Å². The van der Waals surface area contributed by atoms with Gasteiger partial charge in [-0.15, -0.1) is 11.3 Å². The molecule has 0 aliphatic heterocycles. The summed E-state index contributed by atoms with van der Waals surface area (Å²) < 4.78 is 2.50. The molecule has 4 heteroatoms. The average Bonchev–Trinajstić information content (AvgIpc) is 3.72. The van der Waals surface area contributed by atoms with Crippen LogP contribution in [0.1, 0.15) is 22.3 Å². The lowest BCUT2D eigenvalue weighted by Gasteiger charge is -2.34. The molecule has 0 spiro atoms. The second-order valence-electron chi connectivity index (χ2n) is 12.8. The Morgan fingerprint density at radius 2 is 0.820 bits per heavy atom. The van der Waals surface area contributed by atoms with Gasteiger partial charge in [-0.1, -0.05) is 146 Å². The summed E-state index contributed by atoms with van der Waals surface area (Å²) in [5, 5.41) is 2.44. The van der Waals surface area contributed by atoms with Gasteiger partial charge in [0.05, 0.1) is 5.41 Å². The highest BCUT2D eigenvalue weighted by atomic mass is 32.1. The zero-order valence-electron chi connectivity index (χ0n) is 27.0. The highest BCUT2D eigenvalue weighted by Crippen LogP contribution is 2.56. The number of hydrogen-bond acceptors (Lipinski definition) is 4. The predicted octanol–water partition coefficient (Wildman–Crippen LogP) is 11.6. The van der Waals surface area contributed by atoms with Crippen molar-refractivity contribution in [3.63, 3.8) is 0 Å². The summed E-state index contributed by atoms with van der Waals surface area (Å²) in [7, 11) is 0. The van der Waals surface area contributed by atoms with E-state index in [4.69, 9.17) is 15.0 Å². The number of rotatable bonds is 5. The van der Waals surface area contributed by atoms with Gasteiger partial charge in [0.1, 0.15) is 0 Å². The molecule has 3 nitrogen and oxygen atoms in total. The fourth-order valence-corrected chi connectivity index (χ4v) is 8.87. The van der Waals surface area contributed by atoms with Gasteiger partial charge in [0, 0.05) is 36.9 Å². The first-order chi connectivity index (χ1) is 24.8. The lowest BCUT2D eigenvalue weighted by Crippen LogP contribution is -2.28. The van der Waals surface area contributed by atoms with Gasteiger partial charge >= 0.3 is 0 Å². The highest BCUT2D eigenvalue weighted by Gasteiger charge is 2.45. The van der Waals surface area contributed by atoms with Crippen molar-refractivity contribution >= 4 is 31.5 Å². The SMILES string of the molecule is c1ccc(-c2nc(-c3ccccc3)nc(-c3ccc4sc5ccc(C6(c7ccccc7)c7ccccc7-c7ccccc76)cc5c4c3)n2)cc1. The number of aromatic nitrogens is 3. The van der Waals surface area contributed by atoms with Crippen LogP contribution in [0.2, 0.25) is 0 Å². The van der Waals surface area contributed by atoms with E-state index in [0.717, 1.165) is 16.7 Å². The normalized spacial score (nSPS) is 13.0. The fraction of sp³-hybridized carbons (Fsp3) is 0.0217. The van der Waals surface area contributed by atoms with Crippen LogP contribution in [0.3, 0.4) is 0 Å². The van der Waals surface area contributed by atoms with Crippen molar-refractivity contribution < 1.29 is 0 Å². The van der Waals surface area contributed by atoms with Gasteiger partial charge in [-0.25, -0.2) is 15.0 Å². The van der Waals surface area contributed by atoms with Crippen molar-refractivity contribution in [1.29, 1.82) is 0 Å². The van der Waals surface area contributed by atoms with Gasteiger partial charge in [0.2, 0.25) is 0 Å². The van der Waals surface area contributed by atoms with Gasteiger partial charge in [0.15, 0.2) is 17.5 Å². The number of hydrogen-bond donors (Lipinski definition) is 0. The lowest BCUT2D eigenvalue weighted by molar-refractivity contribution is 0.770. The van der Waals surface area contributed by atoms with E-state index in [1.165, 1.54) is 53.6 Å². The minimum absolute atomic E-state index is 0.447. The van der Waals surface area contributed by atoms with E-state index >= 15 is 0 Å². The Morgan fingerprint density at radius 3 is 1.40 bits per heavy atom. The van der Waals surface area contributed by atoms with Crippen molar-refractivity contribution in [2.75, 3.05) is 0 Å². The van der Waals surface area contributed by atoms with Crippen LogP contribution in [-0.2, 0) is 5.41 Å². The second kappa shape index (κ2) is 11.4. The molecule has 0 bridgehead atoms. The van der Waals surface area contributed by atoms with Crippen LogP contribution < -0.4 is 0 Å². The van der Waals surface area contributed by atoms with E-state index in [1.54, 1.807) is 0 Å². The Balaban J connectivity index is 1.20. The molecule has 2 aromatic heterocycles. The van der Waals surface area contributed by atoms with Gasteiger partial charge in [-0.2, -0.15) is 0 Å². The van der Waals surface area contributed by atoms with Crippen LogP contribution >= 0.6 is 11.3 Å². The predicted molar refractivity (Wildman–Crippen MR) is 206 cm³/mol. The molecule has 0 radical (unpaired) electrons. The third kappa shape index (κ3) is 4.39. The highest BCUT2D eigenvalue weighted by molar-refractivity contribution is 7.25. The van der Waals surface area contributed by atoms with Crippen LogP contribution in [0, 0.1) is 0 Å². The van der Waals surface area contributed by atoms with Gasteiger partial charge < -0.3 is 0 Å². The summed E-state index contributed by atoms with van der Waals surface area (Å²) in [5.74, 6) is 1.99. The molecule has 234 valence electrons. The van der Waals surface area contributed by atoms with E-state index < -0.39 is 5.41 Å². The molecule has 50 heavy (non-hydrogen) atoms. The quantitative estimate of drug-likeness (QED) is 0.185. The standard InChI is InChI=1S/C46H29N3S/c1-4-14-30(15-5-1)43-47-44(31-16-6-2-7-17-31)49-45(48-43)32-24-26-41-37(28-32)38-29-34(25-27-42(38)50-41)46(33-18-8-3-9-19-33)39-22-12-10-20-35(39)36-21-11-13-23-40(36)46/h1-29H. The number of fused-ring (bicyclic) bond motifs is 6. The molecule has 1 aliphatic rings. The van der Waals surface area contributed by atoms with Crippen LogP contribution in [0.4, 0.5) is 0 Å². The van der Waals surface area contributed by atoms with Gasteiger partial charge in [-0.05, 0) is 63.7 Å². The molecular weight excluding hydrogens is 627 g/mol. The van der Waals surface area contributed by atoms with Crippen molar-refractivity contribution in [1.82, 2.24) is 15.0 Å². The third-order valence-corrected chi connectivity index (χ3v) is 11.2. The Morgan fingerprint density at radius 1 is 0.360 bits per heavy atom. The summed E-state index contributed by atoms with van der Waals surface area (Å²) in [6.45, 7) is 0. The number of nitrogens with zero attached hydrogens (tertiary/aromatic N) is 3. The molecule has 0 saturated carbocycles. The van der Waals surface area contributed by atoms with E-state index in [2.05, 4.69) is 115 Å². The van der Waals surface area contributed by atoms with Crippen LogP contribution in [0.15, 0.2) is 176 Å². The van der Waals surface area contributed by atoms with E-state index in [-0.39, 0.29) is 0 Å². The molecule has 0 N–H and O–H groups in total. The lowest BCUT2D eigenvalue weighted by atomic mass is 9.67. The maximum Gasteiger partial charge on any atom is 0.164 e. The van der Waals surface area contributed by atoms with Crippen molar-refractivity contribution in [2.45, 2.75) is 5.41 Å². The van der Waals surface area contributed by atoms with Crippen molar-refractivity contribution in [2.24, 2.45) is 0 Å².